The highest BCUT2D eigenvalue weighted by molar-refractivity contribution is 5.97. The first kappa shape index (κ1) is 40.1. The third-order valence-electron chi connectivity index (χ3n) is 13.2. The van der Waals surface area contributed by atoms with Gasteiger partial charge in [-0.25, -0.2) is 4.98 Å². The molecular formula is C64H65N3O. The van der Waals surface area contributed by atoms with Crippen LogP contribution in [0.2, 0.25) is 0 Å². The van der Waals surface area contributed by atoms with Crippen LogP contribution in [0.5, 0.6) is 5.75 Å². The minimum absolute atomic E-state index is 0.0659. The molecule has 9 aromatic rings. The van der Waals surface area contributed by atoms with Crippen molar-refractivity contribution in [3.63, 3.8) is 0 Å². The molecule has 2 aromatic heterocycles. The van der Waals surface area contributed by atoms with Gasteiger partial charge in [0.2, 0.25) is 0 Å². The number of benzene rings is 7. The van der Waals surface area contributed by atoms with E-state index in [2.05, 4.69) is 120 Å². The predicted octanol–water partition coefficient (Wildman–Crippen LogP) is 17.6. The number of aromatic nitrogens is 3. The summed E-state index contributed by atoms with van der Waals surface area (Å²) in [6, 6.07) is 51.0. The molecule has 0 fully saturated rings. The zero-order chi connectivity index (χ0) is 52.6. The van der Waals surface area contributed by atoms with Crippen molar-refractivity contribution in [2.75, 3.05) is 0 Å². The molecule has 0 spiro atoms. The molecule has 0 bridgehead atoms. The van der Waals surface area contributed by atoms with Gasteiger partial charge in [0.25, 0.3) is 0 Å². The number of fused-ring (bicyclic) bond motifs is 1. The number of para-hydroxylation sites is 1. The molecule has 0 unspecified atom stereocenters. The second-order valence-corrected chi connectivity index (χ2v) is 20.8. The average molecular weight is 897 g/mol. The fraction of sp³-hybridized carbons (Fsp3) is 0.250. The molecule has 1 N–H and O–H groups in total. The molecule has 0 saturated carbocycles. The van der Waals surface area contributed by atoms with Gasteiger partial charge in [-0.1, -0.05) is 172 Å². The average Bonchev–Trinajstić information content (AvgIpc) is 3.73. The van der Waals surface area contributed by atoms with E-state index in [0.29, 0.717) is 39.2 Å². The van der Waals surface area contributed by atoms with Crippen molar-refractivity contribution in [1.29, 1.82) is 0 Å². The summed E-state index contributed by atoms with van der Waals surface area (Å²) in [7, 11) is 0. The zero-order valence-electron chi connectivity index (χ0n) is 46.3. The third kappa shape index (κ3) is 9.05. The summed E-state index contributed by atoms with van der Waals surface area (Å²) < 4.78 is 47.1. The van der Waals surface area contributed by atoms with Gasteiger partial charge < -0.3 is 5.11 Å². The first-order valence-electron chi connectivity index (χ1n) is 26.1. The van der Waals surface area contributed by atoms with Crippen molar-refractivity contribution < 1.29 is 12.0 Å². The van der Waals surface area contributed by atoms with Crippen LogP contribution in [0.3, 0.4) is 0 Å². The molecule has 342 valence electrons. The highest BCUT2D eigenvalue weighted by atomic mass is 16.3. The minimum atomic E-state index is -2.59. The molecule has 2 heterocycles. The lowest BCUT2D eigenvalue weighted by molar-refractivity contribution is 0.471. The van der Waals surface area contributed by atoms with Crippen LogP contribution in [0.4, 0.5) is 0 Å². The van der Waals surface area contributed by atoms with Gasteiger partial charge in [0.15, 0.2) is 0 Å². The molecule has 68 heavy (non-hydrogen) atoms. The van der Waals surface area contributed by atoms with E-state index in [1.54, 1.807) is 6.07 Å². The van der Waals surface area contributed by atoms with E-state index in [1.807, 2.05) is 112 Å². The number of hydrogen-bond donors (Lipinski definition) is 1. The van der Waals surface area contributed by atoms with E-state index >= 15 is 0 Å². The van der Waals surface area contributed by atoms with Crippen molar-refractivity contribution >= 4 is 11.0 Å². The number of hydrogen-bond acceptors (Lipinski definition) is 3. The number of pyridine rings is 1. The third-order valence-corrected chi connectivity index (χ3v) is 13.2. The fourth-order valence-corrected chi connectivity index (χ4v) is 9.04. The summed E-state index contributed by atoms with van der Waals surface area (Å²) in [6.07, 6.45) is 1.86. The Kier molecular flexibility index (Phi) is 10.5. The monoisotopic (exact) mass is 897 g/mol. The molecule has 0 aliphatic rings. The zero-order valence-corrected chi connectivity index (χ0v) is 41.3. The summed E-state index contributed by atoms with van der Waals surface area (Å²) >= 11 is 0. The molecule has 4 nitrogen and oxygen atoms in total. The summed E-state index contributed by atoms with van der Waals surface area (Å²) in [5.41, 5.74) is 15.4. The number of phenolic OH excluding ortho intramolecular Hbond substituents is 1. The summed E-state index contributed by atoms with van der Waals surface area (Å²) in [6.45, 7) is 19.6. The Morgan fingerprint density at radius 2 is 1.13 bits per heavy atom. The maximum absolute atomic E-state index is 12.1. The second-order valence-electron chi connectivity index (χ2n) is 20.8. The van der Waals surface area contributed by atoms with Crippen LogP contribution in [0, 0.1) is 13.8 Å². The Balaban J connectivity index is 1.27. The number of aromatic hydroxyl groups is 1. The Bertz CT molecular complexity index is 3510. The first-order valence-corrected chi connectivity index (χ1v) is 23.6. The van der Waals surface area contributed by atoms with E-state index in [9.17, 15) is 5.11 Å². The number of aryl methyl sites for hydroxylation is 2. The minimum Gasteiger partial charge on any atom is -0.507 e. The maximum atomic E-state index is 12.1. The maximum Gasteiger partial charge on any atom is 0.149 e. The Morgan fingerprint density at radius 3 is 1.78 bits per heavy atom. The molecule has 0 aliphatic carbocycles. The molecule has 7 aromatic carbocycles. The fourth-order valence-electron chi connectivity index (χ4n) is 9.04. The molecule has 0 radical (unpaired) electrons. The van der Waals surface area contributed by atoms with Crippen molar-refractivity contribution in [3.05, 3.63) is 191 Å². The summed E-state index contributed by atoms with van der Waals surface area (Å²) in [4.78, 5) is 10.4. The van der Waals surface area contributed by atoms with E-state index in [0.717, 1.165) is 66.9 Å². The van der Waals surface area contributed by atoms with E-state index in [-0.39, 0.29) is 22.1 Å². The van der Waals surface area contributed by atoms with Gasteiger partial charge in [-0.15, -0.1) is 0 Å². The van der Waals surface area contributed by atoms with Crippen LogP contribution in [-0.4, -0.2) is 19.6 Å². The van der Waals surface area contributed by atoms with Gasteiger partial charge in [0.1, 0.15) is 11.6 Å². The largest absolute Gasteiger partial charge is 0.507 e. The molecule has 4 heteroatoms. The van der Waals surface area contributed by atoms with E-state index in [4.69, 9.17) is 16.8 Å². The van der Waals surface area contributed by atoms with Gasteiger partial charge in [-0.05, 0) is 157 Å². The Hall–Kier alpha value is -7.04. The molecule has 0 amide bonds. The van der Waals surface area contributed by atoms with Crippen LogP contribution in [0.15, 0.2) is 158 Å². The summed E-state index contributed by atoms with van der Waals surface area (Å²) in [5, 5.41) is 12.1. The highest BCUT2D eigenvalue weighted by Crippen LogP contribution is 2.43. The summed E-state index contributed by atoms with van der Waals surface area (Å²) in [5.74, 6) is -1.45. The molecule has 0 aliphatic heterocycles. The topological polar surface area (TPSA) is 50.9 Å². The Morgan fingerprint density at radius 1 is 0.529 bits per heavy atom. The van der Waals surface area contributed by atoms with Gasteiger partial charge in [0.05, 0.1) is 28.0 Å². The number of imidazole rings is 1. The smallest absolute Gasteiger partial charge is 0.149 e. The van der Waals surface area contributed by atoms with Crippen molar-refractivity contribution in [3.8, 4) is 78.6 Å². The van der Waals surface area contributed by atoms with Gasteiger partial charge in [-0.2, -0.15) is 0 Å². The quantitative estimate of drug-likeness (QED) is 0.157. The van der Waals surface area contributed by atoms with Crippen LogP contribution in [0.1, 0.15) is 121 Å². The lowest BCUT2D eigenvalue weighted by atomic mass is 9.83. The van der Waals surface area contributed by atoms with E-state index in [1.165, 1.54) is 5.56 Å². The number of rotatable bonds is 9. The normalized spacial score (nSPS) is 13.7. The molecule has 9 rings (SSSR count). The van der Waals surface area contributed by atoms with Gasteiger partial charge in [-0.3, -0.25) is 9.55 Å². The van der Waals surface area contributed by atoms with Crippen LogP contribution in [-0.2, 0) is 10.8 Å². The van der Waals surface area contributed by atoms with Crippen LogP contribution >= 0.6 is 0 Å². The SMILES string of the molecule is [2H]C([2H])([2H])c1cc(-c2cc(C([2H])(C)C)cc(C([2H])(C)C)c2)ccc1-n1c(-c2cc(C(C)(C)C)cc(C)c2O)nc2c(-c3cc(-c4cc(-c5ccc(-c6ccccc6)cc5)ccn4)cc(C(C)(C)C)c3)cccc21. The second kappa shape index (κ2) is 17.9. The number of nitrogens with zero attached hydrogens (tertiary/aromatic N) is 3. The Labute approximate surface area is 411 Å². The van der Waals surface area contributed by atoms with Crippen molar-refractivity contribution in [1.82, 2.24) is 14.5 Å². The van der Waals surface area contributed by atoms with Crippen molar-refractivity contribution in [2.45, 2.75) is 106 Å². The molecule has 0 atom stereocenters. The number of phenols is 1. The van der Waals surface area contributed by atoms with Crippen LogP contribution < -0.4 is 0 Å². The molecule has 0 saturated heterocycles. The standard InChI is InChI=1S/C64H65N3O/c1-39(2)48-31-49(40(3)4)33-50(32-48)46-25-26-58(41(5)29-46)67-59-20-16-19-55(60(59)66-62(67)56-38-53(63(7,8)9)30-42(6)61(56)68)51-34-52(36-54(35-51)64(10,11)12)57-37-47(27-28-65-57)45-23-21-44(22-24-45)43-17-14-13-15-18-43/h13-40,68H,1-12H3/i5D3,39D,40D. The van der Waals surface area contributed by atoms with Crippen molar-refractivity contribution in [2.24, 2.45) is 0 Å². The van der Waals surface area contributed by atoms with E-state index < -0.39 is 18.6 Å². The van der Waals surface area contributed by atoms with Gasteiger partial charge in [0, 0.05) is 24.2 Å². The van der Waals surface area contributed by atoms with Crippen LogP contribution in [0.25, 0.3) is 83.9 Å². The first-order chi connectivity index (χ1) is 34.1. The highest BCUT2D eigenvalue weighted by Gasteiger charge is 2.26. The predicted molar refractivity (Wildman–Crippen MR) is 288 cm³/mol. The lowest BCUT2D eigenvalue weighted by Crippen LogP contribution is -2.12. The van der Waals surface area contributed by atoms with Gasteiger partial charge >= 0.3 is 0 Å². The lowest BCUT2D eigenvalue weighted by Gasteiger charge is -2.22. The molecular weight excluding hydrogens is 827 g/mol.